The third kappa shape index (κ3) is 4.63. The van der Waals surface area contributed by atoms with Crippen LogP contribution < -0.4 is 20.5 Å². The molecule has 3 N–H and O–H groups in total. The normalized spacial score (nSPS) is 22.9. The highest BCUT2D eigenvalue weighted by Crippen LogP contribution is 2.36. The van der Waals surface area contributed by atoms with Crippen LogP contribution >= 0.6 is 0 Å². The molecule has 3 heterocycles. The zero-order chi connectivity index (χ0) is 25.3. The fraction of sp³-hybridized carbons (Fsp3) is 0.583. The Morgan fingerprint density at radius 3 is 2.57 bits per heavy atom. The maximum absolute atomic E-state index is 13.7. The van der Waals surface area contributed by atoms with E-state index in [9.17, 15) is 9.59 Å². The molecule has 35 heavy (non-hydrogen) atoms. The van der Waals surface area contributed by atoms with E-state index in [1.165, 1.54) is 0 Å². The number of amides is 2. The van der Waals surface area contributed by atoms with Crippen molar-refractivity contribution in [1.29, 1.82) is 0 Å². The molecular weight excluding hydrogens is 452 g/mol. The Morgan fingerprint density at radius 2 is 1.94 bits per heavy atom. The van der Waals surface area contributed by atoms with E-state index in [1.807, 2.05) is 21.0 Å². The fourth-order valence-electron chi connectivity index (χ4n) is 4.65. The van der Waals surface area contributed by atoms with E-state index in [0.29, 0.717) is 60.9 Å². The number of nitrogens with zero attached hydrogens (tertiary/aromatic N) is 4. The first kappa shape index (κ1) is 25.1. The number of nitrogens with one attached hydrogen (secondary N) is 1. The van der Waals surface area contributed by atoms with Gasteiger partial charge in [0.25, 0.3) is 0 Å². The standard InChI is InChI=1S/C24H35N6O5/c1-6-30(2,3)24(32)29-10-9-26-19(21(31)16-8-7-11-35-16)20(29)23-27-15-13-18(34-5)17(33-4)12-14(15)22(25)28-23/h12-13,16,19-20,26H,6-11H2,1-5H3,(H2,25,27,28)/q+1. The molecular formula is C24H35N6O5+. The molecule has 2 aliphatic rings. The van der Waals surface area contributed by atoms with Gasteiger partial charge in [-0.2, -0.15) is 0 Å². The summed E-state index contributed by atoms with van der Waals surface area (Å²) < 4.78 is 16.7. The Kier molecular flexibility index (Phi) is 7.11. The van der Waals surface area contributed by atoms with E-state index in [2.05, 4.69) is 10.3 Å². The number of piperazine rings is 1. The maximum atomic E-state index is 13.7. The number of urea groups is 1. The van der Waals surface area contributed by atoms with Gasteiger partial charge in [0.1, 0.15) is 18.0 Å². The van der Waals surface area contributed by atoms with E-state index < -0.39 is 18.2 Å². The summed E-state index contributed by atoms with van der Waals surface area (Å²) in [5.74, 6) is 1.44. The largest absolute Gasteiger partial charge is 0.493 e. The molecule has 2 saturated heterocycles. The molecule has 0 spiro atoms. The molecule has 0 bridgehead atoms. The molecule has 1 aromatic carbocycles. The van der Waals surface area contributed by atoms with Gasteiger partial charge in [-0.3, -0.25) is 9.69 Å². The summed E-state index contributed by atoms with van der Waals surface area (Å²) in [4.78, 5) is 38.3. The summed E-state index contributed by atoms with van der Waals surface area (Å²) in [5, 5.41) is 3.91. The minimum absolute atomic E-state index is 0.0959. The number of quaternary nitrogens is 1. The zero-order valence-corrected chi connectivity index (χ0v) is 21.0. The number of carbonyl (C=O) groups excluding carboxylic acids is 2. The Bertz CT molecular complexity index is 1120. The predicted octanol–water partition coefficient (Wildman–Crippen LogP) is 1.51. The fourth-order valence-corrected chi connectivity index (χ4v) is 4.65. The molecule has 1 aromatic heterocycles. The van der Waals surface area contributed by atoms with Crippen LogP contribution in [-0.2, 0) is 9.53 Å². The molecule has 0 aliphatic carbocycles. The van der Waals surface area contributed by atoms with Gasteiger partial charge in [-0.05, 0) is 25.8 Å². The van der Waals surface area contributed by atoms with E-state index in [4.69, 9.17) is 24.9 Å². The quantitative estimate of drug-likeness (QED) is 0.583. The second-order valence-electron chi connectivity index (χ2n) is 9.45. The van der Waals surface area contributed by atoms with Crippen LogP contribution in [-0.4, -0.2) is 97.9 Å². The van der Waals surface area contributed by atoms with Gasteiger partial charge in [-0.1, -0.05) is 0 Å². The van der Waals surface area contributed by atoms with Crippen molar-refractivity contribution < 1.29 is 28.3 Å². The topological polar surface area (TPSA) is 129 Å². The van der Waals surface area contributed by atoms with Crippen LogP contribution in [0.5, 0.6) is 11.5 Å². The number of hydrogen-bond donors (Lipinski definition) is 2. The Balaban J connectivity index is 1.85. The van der Waals surface area contributed by atoms with E-state index >= 15 is 0 Å². The number of rotatable bonds is 6. The van der Waals surface area contributed by atoms with Crippen molar-refractivity contribution in [2.24, 2.45) is 0 Å². The maximum Gasteiger partial charge on any atom is 0.419 e. The molecule has 3 unspecified atom stereocenters. The summed E-state index contributed by atoms with van der Waals surface area (Å²) in [6.45, 7) is 3.99. The van der Waals surface area contributed by atoms with Gasteiger partial charge in [0.15, 0.2) is 23.1 Å². The number of nitrogen functional groups attached to an aromatic ring is 1. The molecule has 4 rings (SSSR count). The van der Waals surface area contributed by atoms with E-state index in [-0.39, 0.29) is 22.1 Å². The summed E-state index contributed by atoms with van der Waals surface area (Å²) in [5.41, 5.74) is 6.91. The van der Waals surface area contributed by atoms with E-state index in [0.717, 1.165) is 6.42 Å². The minimum atomic E-state index is -0.739. The molecule has 2 aliphatic heterocycles. The van der Waals surface area contributed by atoms with Gasteiger partial charge < -0.3 is 25.3 Å². The number of ether oxygens (including phenoxy) is 3. The molecule has 2 aromatic rings. The number of anilines is 1. The highest BCUT2D eigenvalue weighted by molar-refractivity contribution is 5.92. The summed E-state index contributed by atoms with van der Waals surface area (Å²) in [6, 6.07) is 1.88. The smallest absolute Gasteiger partial charge is 0.419 e. The van der Waals surface area contributed by atoms with Gasteiger partial charge in [-0.25, -0.2) is 19.2 Å². The number of fused-ring (bicyclic) bond motifs is 1. The first-order valence-corrected chi connectivity index (χ1v) is 11.9. The number of hydrogen-bond acceptors (Lipinski definition) is 9. The van der Waals surface area contributed by atoms with Crippen molar-refractivity contribution in [2.45, 2.75) is 38.0 Å². The second-order valence-corrected chi connectivity index (χ2v) is 9.45. The average Bonchev–Trinajstić information content (AvgIpc) is 3.41. The summed E-state index contributed by atoms with van der Waals surface area (Å²) in [6.07, 6.45) is 0.976. The Hall–Kier alpha value is -3.02. The summed E-state index contributed by atoms with van der Waals surface area (Å²) >= 11 is 0. The SMILES string of the molecule is CC[N+](C)(C)C(=O)N1CCNC(C(=O)C2CCCO2)C1c1nc(N)c2cc(OC)c(OC)cc2n1. The van der Waals surface area contributed by atoms with Gasteiger partial charge >= 0.3 is 6.03 Å². The number of carbonyl (C=O) groups is 2. The molecule has 2 amide bonds. The van der Waals surface area contributed by atoms with Crippen molar-refractivity contribution in [1.82, 2.24) is 20.2 Å². The second kappa shape index (κ2) is 9.92. The van der Waals surface area contributed by atoms with Crippen LogP contribution in [0.1, 0.15) is 31.6 Å². The van der Waals surface area contributed by atoms with Crippen LogP contribution in [0.15, 0.2) is 12.1 Å². The Labute approximate surface area is 205 Å². The lowest BCUT2D eigenvalue weighted by atomic mass is 9.94. The number of benzene rings is 1. The average molecular weight is 488 g/mol. The van der Waals surface area contributed by atoms with Crippen LogP contribution in [0.4, 0.5) is 10.6 Å². The number of Topliss-reactive ketones (excluding diaryl/α,β-unsaturated/α-hetero) is 1. The molecule has 11 nitrogen and oxygen atoms in total. The van der Waals surface area contributed by atoms with Gasteiger partial charge in [-0.15, -0.1) is 0 Å². The zero-order valence-electron chi connectivity index (χ0n) is 21.0. The lowest BCUT2D eigenvalue weighted by molar-refractivity contribution is -0.811. The van der Waals surface area contributed by atoms with Crippen molar-refractivity contribution in [2.75, 3.05) is 60.3 Å². The van der Waals surface area contributed by atoms with E-state index in [1.54, 1.807) is 31.3 Å². The minimum Gasteiger partial charge on any atom is -0.493 e. The van der Waals surface area contributed by atoms with Gasteiger partial charge in [0.05, 0.1) is 46.4 Å². The highest BCUT2D eigenvalue weighted by Gasteiger charge is 2.47. The molecule has 190 valence electrons. The van der Waals surface area contributed by atoms with Crippen molar-refractivity contribution in [3.05, 3.63) is 18.0 Å². The highest BCUT2D eigenvalue weighted by atomic mass is 16.5. The summed E-state index contributed by atoms with van der Waals surface area (Å²) in [7, 11) is 6.79. The number of aromatic nitrogens is 2. The number of ketones is 1. The predicted molar refractivity (Wildman–Crippen MR) is 130 cm³/mol. The molecule has 3 atom stereocenters. The van der Waals surface area contributed by atoms with Crippen LogP contribution in [0.3, 0.4) is 0 Å². The van der Waals surface area contributed by atoms with Crippen LogP contribution in [0.2, 0.25) is 0 Å². The Morgan fingerprint density at radius 1 is 1.23 bits per heavy atom. The third-order valence-corrected chi connectivity index (χ3v) is 6.99. The lowest BCUT2D eigenvalue weighted by Gasteiger charge is -2.42. The first-order chi connectivity index (χ1) is 16.7. The van der Waals surface area contributed by atoms with Crippen LogP contribution in [0.25, 0.3) is 10.9 Å². The molecule has 2 fully saturated rings. The molecule has 11 heteroatoms. The van der Waals surface area contributed by atoms with Crippen molar-refractivity contribution in [3.63, 3.8) is 0 Å². The van der Waals surface area contributed by atoms with Crippen LogP contribution in [0, 0.1) is 0 Å². The van der Waals surface area contributed by atoms with Gasteiger partial charge in [0, 0.05) is 31.1 Å². The molecule has 0 saturated carbocycles. The monoisotopic (exact) mass is 487 g/mol. The number of nitrogens with two attached hydrogens (primary N) is 1. The lowest BCUT2D eigenvalue weighted by Crippen LogP contribution is -2.64. The van der Waals surface area contributed by atoms with Crippen molar-refractivity contribution in [3.8, 4) is 11.5 Å². The third-order valence-electron chi connectivity index (χ3n) is 6.99. The first-order valence-electron chi connectivity index (χ1n) is 11.9. The number of methoxy groups -OCH3 is 2. The van der Waals surface area contributed by atoms with Gasteiger partial charge in [0.2, 0.25) is 0 Å². The van der Waals surface area contributed by atoms with Crippen molar-refractivity contribution >= 4 is 28.5 Å². The molecule has 0 radical (unpaired) electrons.